The molecule has 0 fully saturated rings. The van der Waals surface area contributed by atoms with Gasteiger partial charge in [-0.15, -0.1) is 0 Å². The molecular formula is C15H21NO3. The van der Waals surface area contributed by atoms with Crippen LogP contribution in [0, 0.1) is 0 Å². The average Bonchev–Trinajstić information content (AvgIpc) is 2.40. The summed E-state index contributed by atoms with van der Waals surface area (Å²) in [5.74, 6) is -0.216. The van der Waals surface area contributed by atoms with Crippen LogP contribution in [0.2, 0.25) is 0 Å². The second-order valence-electron chi connectivity index (χ2n) is 4.92. The van der Waals surface area contributed by atoms with E-state index < -0.39 is 12.1 Å². The summed E-state index contributed by atoms with van der Waals surface area (Å²) in [7, 11) is 0. The summed E-state index contributed by atoms with van der Waals surface area (Å²) in [4.78, 5) is 10.9. The number of hydrogen-bond acceptors (Lipinski definition) is 3. The van der Waals surface area contributed by atoms with E-state index in [0.29, 0.717) is 6.04 Å². The number of rotatable bonds is 5. The Morgan fingerprint density at radius 1 is 1.58 bits per heavy atom. The van der Waals surface area contributed by atoms with Crippen LogP contribution in [-0.4, -0.2) is 23.7 Å². The van der Waals surface area contributed by atoms with Gasteiger partial charge in [0.05, 0.1) is 0 Å². The molecule has 0 saturated heterocycles. The van der Waals surface area contributed by atoms with Crippen LogP contribution in [0.5, 0.6) is 5.75 Å². The minimum atomic E-state index is -0.934. The lowest BCUT2D eigenvalue weighted by atomic mass is 9.87. The van der Waals surface area contributed by atoms with Crippen molar-refractivity contribution in [3.05, 3.63) is 29.3 Å². The molecule has 0 saturated carbocycles. The van der Waals surface area contributed by atoms with Crippen LogP contribution in [-0.2, 0) is 11.2 Å². The molecule has 0 radical (unpaired) electrons. The van der Waals surface area contributed by atoms with Gasteiger partial charge in [0.1, 0.15) is 5.75 Å². The third kappa shape index (κ3) is 3.07. The second kappa shape index (κ2) is 6.06. The zero-order chi connectivity index (χ0) is 13.8. The quantitative estimate of drug-likeness (QED) is 0.857. The summed E-state index contributed by atoms with van der Waals surface area (Å²) in [6.45, 7) is 4.59. The van der Waals surface area contributed by atoms with Crippen LogP contribution in [0.4, 0.5) is 0 Å². The SMILES string of the molecule is CCNC1CCCc2c(OC(C)C(=O)O)cccc21. The molecule has 0 spiro atoms. The van der Waals surface area contributed by atoms with Crippen molar-refractivity contribution in [2.24, 2.45) is 0 Å². The Labute approximate surface area is 113 Å². The first-order valence-electron chi connectivity index (χ1n) is 6.88. The summed E-state index contributed by atoms with van der Waals surface area (Å²) in [6.07, 6.45) is 2.37. The fourth-order valence-corrected chi connectivity index (χ4v) is 2.62. The molecule has 0 aromatic heterocycles. The highest BCUT2D eigenvalue weighted by Gasteiger charge is 2.23. The maximum atomic E-state index is 10.9. The van der Waals surface area contributed by atoms with Gasteiger partial charge in [0, 0.05) is 6.04 Å². The van der Waals surface area contributed by atoms with Crippen LogP contribution in [0.25, 0.3) is 0 Å². The molecule has 0 bridgehead atoms. The molecule has 2 atom stereocenters. The Morgan fingerprint density at radius 3 is 3.05 bits per heavy atom. The highest BCUT2D eigenvalue weighted by Crippen LogP contribution is 2.35. The maximum Gasteiger partial charge on any atom is 0.344 e. The fraction of sp³-hybridized carbons (Fsp3) is 0.533. The van der Waals surface area contributed by atoms with Crippen LogP contribution in [0.3, 0.4) is 0 Å². The number of carboxylic acids is 1. The Balaban J connectivity index is 2.27. The average molecular weight is 263 g/mol. The van der Waals surface area contributed by atoms with E-state index in [9.17, 15) is 4.79 Å². The normalized spacial score (nSPS) is 19.6. The third-order valence-corrected chi connectivity index (χ3v) is 3.57. The van der Waals surface area contributed by atoms with Crippen molar-refractivity contribution in [1.29, 1.82) is 0 Å². The Kier molecular flexibility index (Phi) is 4.43. The summed E-state index contributed by atoms with van der Waals surface area (Å²) < 4.78 is 5.57. The van der Waals surface area contributed by atoms with Crippen molar-refractivity contribution in [1.82, 2.24) is 5.32 Å². The van der Waals surface area contributed by atoms with Crippen molar-refractivity contribution < 1.29 is 14.6 Å². The molecule has 2 rings (SSSR count). The van der Waals surface area contributed by atoms with Gasteiger partial charge < -0.3 is 15.2 Å². The Morgan fingerprint density at radius 2 is 2.37 bits per heavy atom. The second-order valence-corrected chi connectivity index (χ2v) is 4.92. The molecular weight excluding hydrogens is 242 g/mol. The van der Waals surface area contributed by atoms with E-state index in [1.807, 2.05) is 12.1 Å². The van der Waals surface area contributed by atoms with E-state index in [-0.39, 0.29) is 0 Å². The van der Waals surface area contributed by atoms with Crippen molar-refractivity contribution in [2.45, 2.75) is 45.3 Å². The Bertz CT molecular complexity index is 459. The summed E-state index contributed by atoms with van der Waals surface area (Å²) in [5.41, 5.74) is 2.41. The molecule has 2 unspecified atom stereocenters. The minimum absolute atomic E-state index is 0.359. The lowest BCUT2D eigenvalue weighted by Gasteiger charge is -2.28. The lowest BCUT2D eigenvalue weighted by Crippen LogP contribution is -2.27. The predicted octanol–water partition coefficient (Wildman–Crippen LogP) is 2.53. The largest absolute Gasteiger partial charge is 0.479 e. The molecule has 1 aromatic rings. The van der Waals surface area contributed by atoms with Crippen LogP contribution < -0.4 is 10.1 Å². The van der Waals surface area contributed by atoms with Gasteiger partial charge in [-0.05, 0) is 49.9 Å². The van der Waals surface area contributed by atoms with E-state index >= 15 is 0 Å². The number of benzene rings is 1. The van der Waals surface area contributed by atoms with E-state index in [1.54, 1.807) is 6.92 Å². The van der Waals surface area contributed by atoms with Crippen LogP contribution in [0.15, 0.2) is 18.2 Å². The molecule has 0 heterocycles. The number of carboxylic acid groups (broad SMARTS) is 1. The number of fused-ring (bicyclic) bond motifs is 1. The van der Waals surface area contributed by atoms with E-state index in [0.717, 1.165) is 37.1 Å². The highest BCUT2D eigenvalue weighted by atomic mass is 16.5. The van der Waals surface area contributed by atoms with Crippen molar-refractivity contribution >= 4 is 5.97 Å². The Hall–Kier alpha value is -1.55. The van der Waals surface area contributed by atoms with Crippen molar-refractivity contribution in [3.63, 3.8) is 0 Å². The van der Waals surface area contributed by atoms with Crippen LogP contribution >= 0.6 is 0 Å². The zero-order valence-electron chi connectivity index (χ0n) is 11.5. The predicted molar refractivity (Wildman–Crippen MR) is 73.5 cm³/mol. The van der Waals surface area contributed by atoms with E-state index in [1.165, 1.54) is 5.56 Å². The van der Waals surface area contributed by atoms with Gasteiger partial charge in [-0.3, -0.25) is 0 Å². The number of carbonyl (C=O) groups is 1. The molecule has 104 valence electrons. The molecule has 1 aliphatic carbocycles. The summed E-state index contributed by atoms with van der Waals surface area (Å²) in [6, 6.07) is 6.28. The molecule has 4 heteroatoms. The standard InChI is InChI=1S/C15H21NO3/c1-3-16-13-8-4-7-12-11(13)6-5-9-14(12)19-10(2)15(17)18/h5-6,9-10,13,16H,3-4,7-8H2,1-2H3,(H,17,18). The first kappa shape index (κ1) is 13.9. The molecule has 1 aromatic carbocycles. The first-order valence-corrected chi connectivity index (χ1v) is 6.88. The fourth-order valence-electron chi connectivity index (χ4n) is 2.62. The number of nitrogens with one attached hydrogen (secondary N) is 1. The first-order chi connectivity index (χ1) is 9.13. The van der Waals surface area contributed by atoms with Gasteiger partial charge in [-0.25, -0.2) is 4.79 Å². The van der Waals surface area contributed by atoms with E-state index in [4.69, 9.17) is 9.84 Å². The maximum absolute atomic E-state index is 10.9. The van der Waals surface area contributed by atoms with Gasteiger partial charge in [0.15, 0.2) is 6.10 Å². The number of hydrogen-bond donors (Lipinski definition) is 2. The number of ether oxygens (including phenoxy) is 1. The van der Waals surface area contributed by atoms with Gasteiger partial charge in [0.2, 0.25) is 0 Å². The molecule has 0 amide bonds. The topological polar surface area (TPSA) is 58.6 Å². The van der Waals surface area contributed by atoms with Gasteiger partial charge >= 0.3 is 5.97 Å². The molecule has 0 aliphatic heterocycles. The monoisotopic (exact) mass is 263 g/mol. The van der Waals surface area contributed by atoms with Crippen molar-refractivity contribution in [3.8, 4) is 5.75 Å². The zero-order valence-corrected chi connectivity index (χ0v) is 11.5. The molecule has 19 heavy (non-hydrogen) atoms. The molecule has 1 aliphatic rings. The minimum Gasteiger partial charge on any atom is -0.479 e. The smallest absolute Gasteiger partial charge is 0.344 e. The summed E-state index contributed by atoms with van der Waals surface area (Å²) >= 11 is 0. The van der Waals surface area contributed by atoms with Gasteiger partial charge in [-0.2, -0.15) is 0 Å². The summed E-state index contributed by atoms with van der Waals surface area (Å²) in [5, 5.41) is 12.4. The van der Waals surface area contributed by atoms with Gasteiger partial charge in [0.25, 0.3) is 0 Å². The van der Waals surface area contributed by atoms with Gasteiger partial charge in [-0.1, -0.05) is 19.1 Å². The van der Waals surface area contributed by atoms with E-state index in [2.05, 4.69) is 18.3 Å². The van der Waals surface area contributed by atoms with Crippen molar-refractivity contribution in [2.75, 3.05) is 6.54 Å². The molecule has 4 nitrogen and oxygen atoms in total. The molecule has 2 N–H and O–H groups in total. The number of aliphatic carboxylic acids is 1. The highest BCUT2D eigenvalue weighted by molar-refractivity contribution is 5.72. The lowest BCUT2D eigenvalue weighted by molar-refractivity contribution is -0.144. The third-order valence-electron chi connectivity index (χ3n) is 3.57. The van der Waals surface area contributed by atoms with Crippen LogP contribution in [0.1, 0.15) is 43.9 Å².